The van der Waals surface area contributed by atoms with Crippen LogP contribution in [0, 0.1) is 0 Å². The second-order valence-electron chi connectivity index (χ2n) is 5.34. The van der Waals surface area contributed by atoms with Crippen molar-refractivity contribution in [1.29, 1.82) is 0 Å². The lowest BCUT2D eigenvalue weighted by molar-refractivity contribution is 0.0596. The Kier molecular flexibility index (Phi) is 3.70. The number of piperazine rings is 1. The molecule has 2 unspecified atom stereocenters. The Morgan fingerprint density at radius 1 is 1.29 bits per heavy atom. The van der Waals surface area contributed by atoms with E-state index >= 15 is 0 Å². The van der Waals surface area contributed by atoms with Crippen molar-refractivity contribution in [3.05, 3.63) is 42.2 Å². The molecule has 0 radical (unpaired) electrons. The molecular weight excluding hydrogens is 266 g/mol. The SMILES string of the molecule is CC1NCCN(C(=O)c2cnn(-c3ccccc3)n2)C1C. The van der Waals surface area contributed by atoms with Gasteiger partial charge in [-0.05, 0) is 26.0 Å². The molecule has 2 heterocycles. The summed E-state index contributed by atoms with van der Waals surface area (Å²) in [6, 6.07) is 10.0. The van der Waals surface area contributed by atoms with Crippen LogP contribution in [0.4, 0.5) is 0 Å². The third-order valence-electron chi connectivity index (χ3n) is 3.99. The molecule has 1 aromatic carbocycles. The summed E-state index contributed by atoms with van der Waals surface area (Å²) in [7, 11) is 0. The van der Waals surface area contributed by atoms with Gasteiger partial charge in [0.15, 0.2) is 5.69 Å². The first-order valence-electron chi connectivity index (χ1n) is 7.19. The van der Waals surface area contributed by atoms with Gasteiger partial charge in [-0.2, -0.15) is 9.90 Å². The highest BCUT2D eigenvalue weighted by Gasteiger charge is 2.30. The first-order valence-corrected chi connectivity index (χ1v) is 7.19. The van der Waals surface area contributed by atoms with Gasteiger partial charge in [0, 0.05) is 25.2 Å². The average molecular weight is 285 g/mol. The van der Waals surface area contributed by atoms with Crippen molar-refractivity contribution >= 4 is 5.91 Å². The van der Waals surface area contributed by atoms with Crippen molar-refractivity contribution in [3.63, 3.8) is 0 Å². The number of nitrogens with zero attached hydrogens (tertiary/aromatic N) is 4. The molecule has 0 bridgehead atoms. The van der Waals surface area contributed by atoms with Crippen molar-refractivity contribution in [2.24, 2.45) is 0 Å². The van der Waals surface area contributed by atoms with Gasteiger partial charge in [-0.25, -0.2) is 0 Å². The fourth-order valence-electron chi connectivity index (χ4n) is 2.54. The van der Waals surface area contributed by atoms with Gasteiger partial charge in [-0.1, -0.05) is 18.2 Å². The number of para-hydroxylation sites is 1. The lowest BCUT2D eigenvalue weighted by Crippen LogP contribution is -2.57. The third-order valence-corrected chi connectivity index (χ3v) is 3.99. The molecule has 21 heavy (non-hydrogen) atoms. The maximum absolute atomic E-state index is 12.6. The highest BCUT2D eigenvalue weighted by Crippen LogP contribution is 2.13. The van der Waals surface area contributed by atoms with Crippen LogP contribution in [0.15, 0.2) is 36.5 Å². The third kappa shape index (κ3) is 2.67. The molecular formula is C15H19N5O. The molecule has 6 heteroatoms. The Hall–Kier alpha value is -2.21. The Morgan fingerprint density at radius 2 is 2.05 bits per heavy atom. The van der Waals surface area contributed by atoms with Gasteiger partial charge in [0.2, 0.25) is 0 Å². The van der Waals surface area contributed by atoms with E-state index in [4.69, 9.17) is 0 Å². The molecule has 2 aromatic rings. The summed E-state index contributed by atoms with van der Waals surface area (Å²) < 4.78 is 0. The van der Waals surface area contributed by atoms with Gasteiger partial charge < -0.3 is 10.2 Å². The van der Waals surface area contributed by atoms with Crippen molar-refractivity contribution in [1.82, 2.24) is 25.2 Å². The second kappa shape index (κ2) is 5.65. The zero-order valence-electron chi connectivity index (χ0n) is 12.2. The molecule has 0 aliphatic carbocycles. The number of nitrogens with one attached hydrogen (secondary N) is 1. The number of amides is 1. The number of rotatable bonds is 2. The maximum atomic E-state index is 12.6. The van der Waals surface area contributed by atoms with Crippen LogP contribution in [0.3, 0.4) is 0 Å². The number of hydrogen-bond donors (Lipinski definition) is 1. The smallest absolute Gasteiger partial charge is 0.276 e. The predicted molar refractivity (Wildman–Crippen MR) is 79.3 cm³/mol. The zero-order valence-corrected chi connectivity index (χ0v) is 12.2. The first kappa shape index (κ1) is 13.8. The molecule has 1 aromatic heterocycles. The highest BCUT2D eigenvalue weighted by molar-refractivity contribution is 5.92. The fourth-order valence-corrected chi connectivity index (χ4v) is 2.54. The van der Waals surface area contributed by atoms with Crippen LogP contribution in [-0.2, 0) is 0 Å². The van der Waals surface area contributed by atoms with Gasteiger partial charge in [0.1, 0.15) is 0 Å². The highest BCUT2D eigenvalue weighted by atomic mass is 16.2. The molecule has 1 saturated heterocycles. The second-order valence-corrected chi connectivity index (χ2v) is 5.34. The number of benzene rings is 1. The quantitative estimate of drug-likeness (QED) is 0.897. The Morgan fingerprint density at radius 3 is 2.81 bits per heavy atom. The van der Waals surface area contributed by atoms with E-state index in [0.717, 1.165) is 12.2 Å². The van der Waals surface area contributed by atoms with E-state index in [9.17, 15) is 4.79 Å². The lowest BCUT2D eigenvalue weighted by atomic mass is 10.1. The van der Waals surface area contributed by atoms with Crippen LogP contribution in [0.5, 0.6) is 0 Å². The van der Waals surface area contributed by atoms with Crippen molar-refractivity contribution in [2.75, 3.05) is 13.1 Å². The fraction of sp³-hybridized carbons (Fsp3) is 0.400. The molecule has 110 valence electrons. The average Bonchev–Trinajstić information content (AvgIpc) is 3.00. The van der Waals surface area contributed by atoms with E-state index in [0.29, 0.717) is 12.2 Å². The van der Waals surface area contributed by atoms with Crippen LogP contribution in [0.25, 0.3) is 5.69 Å². The summed E-state index contributed by atoms with van der Waals surface area (Å²) in [6.45, 7) is 5.65. The Labute approximate surface area is 123 Å². The first-order chi connectivity index (χ1) is 10.2. The van der Waals surface area contributed by atoms with E-state index < -0.39 is 0 Å². The Bertz CT molecular complexity index is 624. The molecule has 1 aliphatic heterocycles. The molecule has 3 rings (SSSR count). The molecule has 0 spiro atoms. The largest absolute Gasteiger partial charge is 0.332 e. The van der Waals surface area contributed by atoms with E-state index in [2.05, 4.69) is 29.4 Å². The van der Waals surface area contributed by atoms with Crippen molar-refractivity contribution in [2.45, 2.75) is 25.9 Å². The van der Waals surface area contributed by atoms with Crippen LogP contribution in [-0.4, -0.2) is 51.0 Å². The number of carbonyl (C=O) groups is 1. The predicted octanol–water partition coefficient (Wildman–Crippen LogP) is 1.09. The van der Waals surface area contributed by atoms with Crippen molar-refractivity contribution in [3.8, 4) is 5.69 Å². The van der Waals surface area contributed by atoms with E-state index in [1.807, 2.05) is 35.2 Å². The molecule has 1 aliphatic rings. The van der Waals surface area contributed by atoms with Gasteiger partial charge in [0.25, 0.3) is 5.91 Å². The number of aromatic nitrogens is 3. The van der Waals surface area contributed by atoms with E-state index in [1.54, 1.807) is 0 Å². The number of hydrogen-bond acceptors (Lipinski definition) is 4. The van der Waals surface area contributed by atoms with E-state index in [1.165, 1.54) is 11.0 Å². The molecule has 0 saturated carbocycles. The molecule has 6 nitrogen and oxygen atoms in total. The minimum absolute atomic E-state index is 0.0574. The normalized spacial score (nSPS) is 22.3. The summed E-state index contributed by atoms with van der Waals surface area (Å²) in [4.78, 5) is 15.9. The molecule has 2 atom stereocenters. The van der Waals surface area contributed by atoms with Crippen LogP contribution >= 0.6 is 0 Å². The van der Waals surface area contributed by atoms with Crippen LogP contribution in [0.2, 0.25) is 0 Å². The Balaban J connectivity index is 1.81. The molecule has 1 N–H and O–H groups in total. The van der Waals surface area contributed by atoms with Gasteiger partial charge >= 0.3 is 0 Å². The van der Waals surface area contributed by atoms with Gasteiger partial charge in [0.05, 0.1) is 11.9 Å². The minimum atomic E-state index is -0.0574. The van der Waals surface area contributed by atoms with Crippen LogP contribution < -0.4 is 5.32 Å². The minimum Gasteiger partial charge on any atom is -0.332 e. The van der Waals surface area contributed by atoms with Gasteiger partial charge in [-0.15, -0.1) is 5.10 Å². The van der Waals surface area contributed by atoms with Gasteiger partial charge in [-0.3, -0.25) is 4.79 Å². The molecule has 1 amide bonds. The summed E-state index contributed by atoms with van der Waals surface area (Å²) in [5.41, 5.74) is 1.23. The summed E-state index contributed by atoms with van der Waals surface area (Å²) in [5.74, 6) is -0.0574. The topological polar surface area (TPSA) is 63.1 Å². The maximum Gasteiger partial charge on any atom is 0.276 e. The standard InChI is InChI=1S/C15H19N5O/c1-11-12(2)19(9-8-16-11)15(21)14-10-17-20(18-14)13-6-4-3-5-7-13/h3-7,10-12,16H,8-9H2,1-2H3. The van der Waals surface area contributed by atoms with Crippen molar-refractivity contribution < 1.29 is 4.79 Å². The number of carbonyl (C=O) groups excluding carboxylic acids is 1. The summed E-state index contributed by atoms with van der Waals surface area (Å²) in [6.07, 6.45) is 1.54. The molecule has 1 fully saturated rings. The zero-order chi connectivity index (χ0) is 14.8. The summed E-state index contributed by atoms with van der Waals surface area (Å²) >= 11 is 0. The van der Waals surface area contributed by atoms with E-state index in [-0.39, 0.29) is 18.0 Å². The monoisotopic (exact) mass is 285 g/mol. The van der Waals surface area contributed by atoms with Crippen LogP contribution in [0.1, 0.15) is 24.3 Å². The summed E-state index contributed by atoms with van der Waals surface area (Å²) in [5, 5.41) is 11.9. The lowest BCUT2D eigenvalue weighted by Gasteiger charge is -2.38.